The van der Waals surface area contributed by atoms with Crippen molar-refractivity contribution in [1.82, 2.24) is 4.31 Å². The van der Waals surface area contributed by atoms with E-state index in [1.54, 1.807) is 12.1 Å². The number of morpholine rings is 1. The number of rotatable bonds is 7. The fourth-order valence-corrected chi connectivity index (χ4v) is 4.81. The summed E-state index contributed by atoms with van der Waals surface area (Å²) in [5.41, 5.74) is -0.0458. The Labute approximate surface area is 189 Å². The Hall–Kier alpha value is -1.55. The largest absolute Gasteiger partial charge is 0.488 e. The van der Waals surface area contributed by atoms with Crippen LogP contribution in [0.3, 0.4) is 0 Å². The smallest absolute Gasteiger partial charge is 0.339 e. The van der Waals surface area contributed by atoms with Crippen molar-refractivity contribution in [3.8, 4) is 5.75 Å². The zero-order valence-electron chi connectivity index (χ0n) is 15.6. The maximum Gasteiger partial charge on any atom is 0.339 e. The first-order valence-electron chi connectivity index (χ1n) is 8.91. The lowest BCUT2D eigenvalue weighted by Gasteiger charge is -2.26. The van der Waals surface area contributed by atoms with Gasteiger partial charge >= 0.3 is 5.97 Å². The SMILES string of the molecule is O=C(OCCOc1ccc(Cl)cc1Cl)c1cc(S(=O)(=O)N2CCOCC2)ccc1Cl. The molecule has 0 aliphatic carbocycles. The van der Waals surface area contributed by atoms with E-state index in [0.717, 1.165) is 0 Å². The van der Waals surface area contributed by atoms with E-state index in [4.69, 9.17) is 49.0 Å². The van der Waals surface area contributed by atoms with Crippen molar-refractivity contribution in [3.05, 3.63) is 57.0 Å². The summed E-state index contributed by atoms with van der Waals surface area (Å²) < 4.78 is 42.7. The Morgan fingerprint density at radius 3 is 2.43 bits per heavy atom. The second kappa shape index (κ2) is 10.2. The first kappa shape index (κ1) is 23.1. The fourth-order valence-electron chi connectivity index (χ4n) is 2.71. The highest BCUT2D eigenvalue weighted by Gasteiger charge is 2.27. The van der Waals surface area contributed by atoms with Crippen LogP contribution in [0.2, 0.25) is 15.1 Å². The normalized spacial score (nSPS) is 15.0. The quantitative estimate of drug-likeness (QED) is 0.429. The van der Waals surface area contributed by atoms with Crippen LogP contribution in [0.1, 0.15) is 10.4 Å². The van der Waals surface area contributed by atoms with Crippen LogP contribution >= 0.6 is 34.8 Å². The lowest BCUT2D eigenvalue weighted by molar-refractivity contribution is 0.0450. The van der Waals surface area contributed by atoms with Crippen molar-refractivity contribution in [2.75, 3.05) is 39.5 Å². The molecule has 0 aromatic heterocycles. The molecule has 0 bridgehead atoms. The molecule has 0 amide bonds. The Kier molecular flexibility index (Phi) is 7.84. The number of sulfonamides is 1. The van der Waals surface area contributed by atoms with Crippen LogP contribution in [0, 0.1) is 0 Å². The fraction of sp³-hybridized carbons (Fsp3) is 0.316. The first-order chi connectivity index (χ1) is 14.3. The molecule has 2 aromatic rings. The Balaban J connectivity index is 1.63. The lowest BCUT2D eigenvalue weighted by Crippen LogP contribution is -2.40. The van der Waals surface area contributed by atoms with E-state index < -0.39 is 16.0 Å². The van der Waals surface area contributed by atoms with Gasteiger partial charge in [-0.2, -0.15) is 4.31 Å². The van der Waals surface area contributed by atoms with E-state index in [-0.39, 0.29) is 41.8 Å². The van der Waals surface area contributed by atoms with Crippen LogP contribution < -0.4 is 4.74 Å². The zero-order chi connectivity index (χ0) is 21.7. The van der Waals surface area contributed by atoms with Crippen molar-refractivity contribution in [2.24, 2.45) is 0 Å². The summed E-state index contributed by atoms with van der Waals surface area (Å²) in [5.74, 6) is -0.362. The summed E-state index contributed by atoms with van der Waals surface area (Å²) in [5, 5.41) is 0.890. The predicted molar refractivity (Wildman–Crippen MR) is 113 cm³/mol. The third kappa shape index (κ3) is 5.57. The third-order valence-electron chi connectivity index (χ3n) is 4.23. The monoisotopic (exact) mass is 493 g/mol. The van der Waals surface area contributed by atoms with Gasteiger partial charge in [0.05, 0.1) is 33.7 Å². The minimum Gasteiger partial charge on any atom is -0.488 e. The highest BCUT2D eigenvalue weighted by Crippen LogP contribution is 2.27. The molecule has 2 aromatic carbocycles. The number of carbonyl (C=O) groups is 1. The molecular formula is C19H18Cl3NO6S. The highest BCUT2D eigenvalue weighted by atomic mass is 35.5. The van der Waals surface area contributed by atoms with Crippen LogP contribution in [-0.4, -0.2) is 58.2 Å². The molecule has 0 saturated carbocycles. The molecule has 162 valence electrons. The van der Waals surface area contributed by atoms with E-state index in [9.17, 15) is 13.2 Å². The summed E-state index contributed by atoms with van der Waals surface area (Å²) in [6, 6.07) is 8.68. The Bertz CT molecular complexity index is 1020. The van der Waals surface area contributed by atoms with E-state index in [1.807, 2.05) is 0 Å². The van der Waals surface area contributed by atoms with Gasteiger partial charge in [-0.1, -0.05) is 34.8 Å². The highest BCUT2D eigenvalue weighted by molar-refractivity contribution is 7.89. The molecule has 1 heterocycles. The predicted octanol–water partition coefficient (Wildman–Crippen LogP) is 3.90. The standard InChI is InChI=1S/C19H18Cl3NO6S/c20-13-1-4-18(17(22)11-13)28-9-10-29-19(24)15-12-14(2-3-16(15)21)30(25,26)23-5-7-27-8-6-23/h1-4,11-12H,5-10H2. The van der Waals surface area contributed by atoms with Gasteiger partial charge in [0.15, 0.2) is 0 Å². The van der Waals surface area contributed by atoms with E-state index >= 15 is 0 Å². The summed E-state index contributed by atoms with van der Waals surface area (Å²) in [7, 11) is -3.77. The van der Waals surface area contributed by atoms with E-state index in [1.165, 1.54) is 28.6 Å². The number of hydrogen-bond donors (Lipinski definition) is 0. The van der Waals surface area contributed by atoms with Crippen LogP contribution in [-0.2, 0) is 19.5 Å². The van der Waals surface area contributed by atoms with Gasteiger partial charge in [0.2, 0.25) is 10.0 Å². The first-order valence-corrected chi connectivity index (χ1v) is 11.5. The van der Waals surface area contributed by atoms with Gasteiger partial charge < -0.3 is 14.2 Å². The van der Waals surface area contributed by atoms with Gasteiger partial charge in [0.25, 0.3) is 0 Å². The van der Waals surface area contributed by atoms with Gasteiger partial charge in [0, 0.05) is 18.1 Å². The molecular weight excluding hydrogens is 477 g/mol. The van der Waals surface area contributed by atoms with E-state index in [2.05, 4.69) is 0 Å². The van der Waals surface area contributed by atoms with Crippen molar-refractivity contribution < 1.29 is 27.4 Å². The zero-order valence-corrected chi connectivity index (χ0v) is 18.7. The average molecular weight is 495 g/mol. The van der Waals surface area contributed by atoms with Crippen molar-refractivity contribution >= 4 is 50.8 Å². The molecule has 0 N–H and O–H groups in total. The van der Waals surface area contributed by atoms with Gasteiger partial charge in [-0.15, -0.1) is 0 Å². The molecule has 7 nitrogen and oxygen atoms in total. The van der Waals surface area contributed by atoms with Crippen LogP contribution in [0.5, 0.6) is 5.75 Å². The van der Waals surface area contributed by atoms with Crippen molar-refractivity contribution in [3.63, 3.8) is 0 Å². The van der Waals surface area contributed by atoms with Crippen molar-refractivity contribution in [2.45, 2.75) is 4.90 Å². The second-order valence-corrected chi connectivity index (χ2v) is 9.41. The maximum absolute atomic E-state index is 12.8. The van der Waals surface area contributed by atoms with Crippen LogP contribution in [0.25, 0.3) is 0 Å². The molecule has 1 fully saturated rings. The second-order valence-electron chi connectivity index (χ2n) is 6.22. The average Bonchev–Trinajstić information content (AvgIpc) is 2.73. The molecule has 1 aliphatic heterocycles. The van der Waals surface area contributed by atoms with Crippen LogP contribution in [0.4, 0.5) is 0 Å². The van der Waals surface area contributed by atoms with Gasteiger partial charge in [0.1, 0.15) is 19.0 Å². The van der Waals surface area contributed by atoms with E-state index in [0.29, 0.717) is 29.0 Å². The molecule has 0 unspecified atom stereocenters. The molecule has 0 radical (unpaired) electrons. The molecule has 11 heteroatoms. The Morgan fingerprint density at radius 1 is 1.00 bits per heavy atom. The van der Waals surface area contributed by atoms with Crippen LogP contribution in [0.15, 0.2) is 41.3 Å². The summed E-state index contributed by atoms with van der Waals surface area (Å²) >= 11 is 17.9. The van der Waals surface area contributed by atoms with Crippen molar-refractivity contribution in [1.29, 1.82) is 0 Å². The maximum atomic E-state index is 12.8. The van der Waals surface area contributed by atoms with Gasteiger partial charge in [-0.3, -0.25) is 0 Å². The Morgan fingerprint density at radius 2 is 1.73 bits per heavy atom. The molecule has 0 atom stereocenters. The minimum absolute atomic E-state index is 0.0371. The molecule has 3 rings (SSSR count). The number of esters is 1. The number of ether oxygens (including phenoxy) is 3. The molecule has 1 aliphatic rings. The molecule has 1 saturated heterocycles. The topological polar surface area (TPSA) is 82.1 Å². The minimum atomic E-state index is -3.77. The summed E-state index contributed by atoms with van der Waals surface area (Å²) in [6.07, 6.45) is 0. The molecule has 30 heavy (non-hydrogen) atoms. The summed E-state index contributed by atoms with van der Waals surface area (Å²) in [4.78, 5) is 12.4. The van der Waals surface area contributed by atoms with Gasteiger partial charge in [-0.25, -0.2) is 13.2 Å². The third-order valence-corrected chi connectivity index (χ3v) is 6.99. The number of halogens is 3. The van der Waals surface area contributed by atoms with Gasteiger partial charge in [-0.05, 0) is 36.4 Å². The number of hydrogen-bond acceptors (Lipinski definition) is 6. The summed E-state index contributed by atoms with van der Waals surface area (Å²) in [6.45, 7) is 1.08. The number of carbonyl (C=O) groups excluding carboxylic acids is 1. The number of nitrogens with zero attached hydrogens (tertiary/aromatic N) is 1. The lowest BCUT2D eigenvalue weighted by atomic mass is 10.2. The molecule has 0 spiro atoms. The number of benzene rings is 2.